The average molecular weight is 334 g/mol. The van der Waals surface area contributed by atoms with Crippen LogP contribution in [0.3, 0.4) is 0 Å². The molecule has 0 saturated carbocycles. The molecule has 1 aliphatic rings. The van der Waals surface area contributed by atoms with Gasteiger partial charge in [0.05, 0.1) is 31.5 Å². The third kappa shape index (κ3) is 3.05. The van der Waals surface area contributed by atoms with Crippen LogP contribution >= 0.6 is 11.6 Å². The molecule has 0 aliphatic carbocycles. The van der Waals surface area contributed by atoms with E-state index in [1.165, 1.54) is 14.2 Å². The number of hydrogen-bond donors (Lipinski definition) is 1. The minimum Gasteiger partial charge on any atom is -0.495 e. The van der Waals surface area contributed by atoms with Gasteiger partial charge < -0.3 is 19.5 Å². The molecule has 0 aromatic heterocycles. The van der Waals surface area contributed by atoms with Crippen molar-refractivity contribution in [2.75, 3.05) is 26.1 Å². The molecule has 1 aliphatic heterocycles. The Hall–Kier alpha value is -2.40. The van der Waals surface area contributed by atoms with Gasteiger partial charge in [-0.25, -0.2) is 0 Å². The first-order valence-electron chi connectivity index (χ1n) is 7.11. The third-order valence-corrected chi connectivity index (χ3v) is 3.97. The number of methoxy groups -OCH3 is 2. The number of benzene rings is 2. The van der Waals surface area contributed by atoms with E-state index in [1.807, 2.05) is 12.1 Å². The first kappa shape index (κ1) is 15.5. The number of amides is 1. The lowest BCUT2D eigenvalue weighted by atomic mass is 10.1. The van der Waals surface area contributed by atoms with Crippen molar-refractivity contribution in [1.82, 2.24) is 0 Å². The number of rotatable bonds is 4. The van der Waals surface area contributed by atoms with Gasteiger partial charge >= 0.3 is 0 Å². The first-order valence-corrected chi connectivity index (χ1v) is 7.48. The minimum absolute atomic E-state index is 0.237. The van der Waals surface area contributed by atoms with Crippen molar-refractivity contribution < 1.29 is 19.0 Å². The molecular formula is C17H16ClNO4. The fourth-order valence-electron chi connectivity index (χ4n) is 2.48. The second-order valence-electron chi connectivity index (χ2n) is 5.06. The normalized spacial score (nSPS) is 12.3. The van der Waals surface area contributed by atoms with Crippen molar-refractivity contribution in [3.63, 3.8) is 0 Å². The van der Waals surface area contributed by atoms with Crippen LogP contribution in [0.5, 0.6) is 17.2 Å². The summed E-state index contributed by atoms with van der Waals surface area (Å²) in [4.78, 5) is 12.5. The largest absolute Gasteiger partial charge is 0.495 e. The van der Waals surface area contributed by atoms with Gasteiger partial charge in [0.1, 0.15) is 17.2 Å². The van der Waals surface area contributed by atoms with E-state index in [4.69, 9.17) is 25.8 Å². The van der Waals surface area contributed by atoms with Crippen molar-refractivity contribution in [2.24, 2.45) is 0 Å². The second-order valence-corrected chi connectivity index (χ2v) is 5.47. The molecule has 0 fully saturated rings. The highest BCUT2D eigenvalue weighted by Gasteiger charge is 2.17. The summed E-state index contributed by atoms with van der Waals surface area (Å²) >= 11 is 6.12. The number of halogens is 1. The fraction of sp³-hybridized carbons (Fsp3) is 0.235. The Morgan fingerprint density at radius 2 is 1.96 bits per heavy atom. The third-order valence-electron chi connectivity index (χ3n) is 3.67. The van der Waals surface area contributed by atoms with Crippen LogP contribution < -0.4 is 19.5 Å². The smallest absolute Gasteiger partial charge is 0.255 e. The summed E-state index contributed by atoms with van der Waals surface area (Å²) in [7, 11) is 3.04. The number of hydrogen-bond acceptors (Lipinski definition) is 4. The van der Waals surface area contributed by atoms with Crippen LogP contribution in [0.25, 0.3) is 0 Å². The molecule has 2 aromatic carbocycles. The number of carbonyl (C=O) groups excluding carboxylic acids is 1. The van der Waals surface area contributed by atoms with E-state index in [-0.39, 0.29) is 5.91 Å². The average Bonchev–Trinajstić information content (AvgIpc) is 3.02. The van der Waals surface area contributed by atoms with E-state index in [2.05, 4.69) is 5.32 Å². The monoisotopic (exact) mass is 333 g/mol. The summed E-state index contributed by atoms with van der Waals surface area (Å²) < 4.78 is 15.9. The minimum atomic E-state index is -0.237. The summed E-state index contributed by atoms with van der Waals surface area (Å²) in [5.74, 6) is 1.56. The van der Waals surface area contributed by atoms with Crippen LogP contribution in [0.15, 0.2) is 30.3 Å². The molecule has 120 valence electrons. The zero-order valence-corrected chi connectivity index (χ0v) is 13.6. The van der Waals surface area contributed by atoms with Crippen LogP contribution in [-0.4, -0.2) is 26.7 Å². The van der Waals surface area contributed by atoms with Gasteiger partial charge in [0.2, 0.25) is 0 Å². The molecule has 1 amide bonds. The Morgan fingerprint density at radius 3 is 2.70 bits per heavy atom. The maximum absolute atomic E-state index is 12.5. The Kier molecular flexibility index (Phi) is 4.30. The predicted octanol–water partition coefficient (Wildman–Crippen LogP) is 3.54. The number of fused-ring (bicyclic) bond motifs is 1. The number of nitrogens with one attached hydrogen (secondary N) is 1. The molecule has 0 bridgehead atoms. The summed E-state index contributed by atoms with van der Waals surface area (Å²) in [6.07, 6.45) is 0.814. The van der Waals surface area contributed by atoms with Gasteiger partial charge in [-0.1, -0.05) is 11.6 Å². The van der Waals surface area contributed by atoms with E-state index in [9.17, 15) is 4.79 Å². The maximum Gasteiger partial charge on any atom is 0.255 e. The lowest BCUT2D eigenvalue weighted by molar-refractivity contribution is 0.102. The molecule has 0 spiro atoms. The molecule has 5 nitrogen and oxygen atoms in total. The Morgan fingerprint density at radius 1 is 1.17 bits per heavy atom. The summed E-state index contributed by atoms with van der Waals surface area (Å²) in [6, 6.07) is 8.63. The number of carbonyl (C=O) groups is 1. The zero-order chi connectivity index (χ0) is 16.4. The Labute approximate surface area is 139 Å². The van der Waals surface area contributed by atoms with E-state index in [0.717, 1.165) is 17.7 Å². The van der Waals surface area contributed by atoms with E-state index in [1.54, 1.807) is 18.2 Å². The van der Waals surface area contributed by atoms with Crippen molar-refractivity contribution >= 4 is 23.2 Å². The van der Waals surface area contributed by atoms with E-state index < -0.39 is 0 Å². The molecule has 0 radical (unpaired) electrons. The second kappa shape index (κ2) is 6.38. The van der Waals surface area contributed by atoms with Gasteiger partial charge in [-0.3, -0.25) is 4.79 Å². The van der Waals surface area contributed by atoms with Crippen LogP contribution in [0.4, 0.5) is 5.69 Å². The molecule has 6 heteroatoms. The Bertz CT molecular complexity index is 760. The first-order chi connectivity index (χ1) is 11.1. The molecule has 0 unspecified atom stereocenters. The van der Waals surface area contributed by atoms with Gasteiger partial charge in [-0.15, -0.1) is 0 Å². The van der Waals surface area contributed by atoms with Crippen molar-refractivity contribution in [2.45, 2.75) is 6.42 Å². The highest BCUT2D eigenvalue weighted by atomic mass is 35.5. The lowest BCUT2D eigenvalue weighted by Gasteiger charge is -2.13. The number of ether oxygens (including phenoxy) is 3. The summed E-state index contributed by atoms with van der Waals surface area (Å²) in [6.45, 7) is 0.655. The fourth-order valence-corrected chi connectivity index (χ4v) is 2.72. The highest BCUT2D eigenvalue weighted by Crippen LogP contribution is 2.36. The van der Waals surface area contributed by atoms with Crippen molar-refractivity contribution in [3.05, 3.63) is 46.5 Å². The molecule has 3 rings (SSSR count). The predicted molar refractivity (Wildman–Crippen MR) is 88.2 cm³/mol. The van der Waals surface area contributed by atoms with Gasteiger partial charge in [0, 0.05) is 18.1 Å². The maximum atomic E-state index is 12.5. The summed E-state index contributed by atoms with van der Waals surface area (Å²) in [5, 5.41) is 3.21. The van der Waals surface area contributed by atoms with Crippen molar-refractivity contribution in [3.8, 4) is 17.2 Å². The van der Waals surface area contributed by atoms with Gasteiger partial charge in [0.25, 0.3) is 5.91 Å². The standard InChI is InChI=1S/C17H16ClNO4/c1-21-15-9-16(22-2)13(8-12(15)18)19-17(20)11-3-4-14-10(7-11)5-6-23-14/h3-4,7-9H,5-6H2,1-2H3,(H,19,20). The lowest BCUT2D eigenvalue weighted by Crippen LogP contribution is -2.13. The Balaban J connectivity index is 1.86. The van der Waals surface area contributed by atoms with Gasteiger partial charge in [-0.05, 0) is 29.8 Å². The number of anilines is 1. The van der Waals surface area contributed by atoms with Crippen LogP contribution in [0.2, 0.25) is 5.02 Å². The molecule has 23 heavy (non-hydrogen) atoms. The van der Waals surface area contributed by atoms with Crippen LogP contribution in [0, 0.1) is 0 Å². The molecule has 0 atom stereocenters. The molecular weight excluding hydrogens is 318 g/mol. The van der Waals surface area contributed by atoms with E-state index >= 15 is 0 Å². The SMILES string of the molecule is COc1cc(OC)c(NC(=O)c2ccc3c(c2)CCO3)cc1Cl. The zero-order valence-electron chi connectivity index (χ0n) is 12.8. The molecule has 1 N–H and O–H groups in total. The van der Waals surface area contributed by atoms with Gasteiger partial charge in [0.15, 0.2) is 0 Å². The van der Waals surface area contributed by atoms with E-state index in [0.29, 0.717) is 34.4 Å². The van der Waals surface area contributed by atoms with Crippen LogP contribution in [0.1, 0.15) is 15.9 Å². The quantitative estimate of drug-likeness (QED) is 0.929. The topological polar surface area (TPSA) is 56.8 Å². The van der Waals surface area contributed by atoms with Gasteiger partial charge in [-0.2, -0.15) is 0 Å². The molecule has 1 heterocycles. The molecule has 2 aromatic rings. The summed E-state index contributed by atoms with van der Waals surface area (Å²) in [5.41, 5.74) is 2.08. The molecule has 0 saturated heterocycles. The van der Waals surface area contributed by atoms with Crippen LogP contribution in [-0.2, 0) is 6.42 Å². The van der Waals surface area contributed by atoms with Crippen molar-refractivity contribution in [1.29, 1.82) is 0 Å². The highest BCUT2D eigenvalue weighted by molar-refractivity contribution is 6.32.